The van der Waals surface area contributed by atoms with Crippen LogP contribution in [0.4, 0.5) is 11.4 Å². The van der Waals surface area contributed by atoms with Gasteiger partial charge in [-0.3, -0.25) is 14.9 Å². The molecule has 1 N–H and O–H groups in total. The van der Waals surface area contributed by atoms with Gasteiger partial charge in [0.15, 0.2) is 5.76 Å². The minimum atomic E-state index is -0.512. The molecule has 0 bridgehead atoms. The second kappa shape index (κ2) is 7.39. The van der Waals surface area contributed by atoms with E-state index in [1.165, 1.54) is 24.5 Å². The van der Waals surface area contributed by atoms with Gasteiger partial charge in [0.25, 0.3) is 5.69 Å². The molecule has 1 aromatic carbocycles. The molecule has 1 amide bonds. The lowest BCUT2D eigenvalue weighted by Crippen LogP contribution is -2.11. The molecule has 2 aromatic heterocycles. The number of carbonyl (C=O) groups is 1. The number of amides is 1. The maximum absolute atomic E-state index is 11.9. The lowest BCUT2D eigenvalue weighted by atomic mass is 10.2. The van der Waals surface area contributed by atoms with Crippen LogP contribution in [0.25, 0.3) is 11.6 Å². The number of hydrogen-bond acceptors (Lipinski definition) is 7. The smallest absolute Gasteiger partial charge is 0.271 e. The summed E-state index contributed by atoms with van der Waals surface area (Å²) in [5.74, 6) is 1.04. The molecule has 0 fully saturated rings. The zero-order valence-corrected chi connectivity index (χ0v) is 13.0. The highest BCUT2D eigenvalue weighted by Gasteiger charge is 2.12. The van der Waals surface area contributed by atoms with Crippen LogP contribution in [-0.4, -0.2) is 21.0 Å². The third kappa shape index (κ3) is 4.28. The molecular weight excluding hydrogens is 328 g/mol. The van der Waals surface area contributed by atoms with Crippen molar-refractivity contribution in [2.24, 2.45) is 0 Å². The lowest BCUT2D eigenvalue weighted by molar-refractivity contribution is -0.384. The zero-order chi connectivity index (χ0) is 17.6. The van der Waals surface area contributed by atoms with Crippen LogP contribution in [0.15, 0.2) is 51.6 Å². The first kappa shape index (κ1) is 16.4. The van der Waals surface area contributed by atoms with Crippen LogP contribution >= 0.6 is 0 Å². The van der Waals surface area contributed by atoms with E-state index in [2.05, 4.69) is 15.5 Å². The average molecular weight is 342 g/mol. The maximum Gasteiger partial charge on any atom is 0.271 e. The van der Waals surface area contributed by atoms with E-state index < -0.39 is 4.92 Å². The molecule has 128 valence electrons. The van der Waals surface area contributed by atoms with Crippen molar-refractivity contribution < 1.29 is 18.7 Å². The summed E-state index contributed by atoms with van der Waals surface area (Å²) in [6.07, 6.45) is 2.68. The quantitative estimate of drug-likeness (QED) is 0.516. The fraction of sp³-hybridized carbons (Fsp3) is 0.188. The summed E-state index contributed by atoms with van der Waals surface area (Å²) in [7, 11) is 0. The lowest BCUT2D eigenvalue weighted by Gasteiger charge is -2.04. The molecule has 0 aliphatic rings. The van der Waals surface area contributed by atoms with E-state index in [0.29, 0.717) is 36.0 Å². The number of non-ortho nitro benzene ring substituents is 1. The third-order valence-electron chi connectivity index (χ3n) is 3.34. The molecule has 0 unspecified atom stereocenters. The maximum atomic E-state index is 11.9. The Balaban J connectivity index is 1.48. The Morgan fingerprint density at radius 2 is 2.16 bits per heavy atom. The zero-order valence-electron chi connectivity index (χ0n) is 13.0. The Labute approximate surface area is 141 Å². The van der Waals surface area contributed by atoms with Crippen LogP contribution in [0, 0.1) is 10.1 Å². The van der Waals surface area contributed by atoms with E-state index in [-0.39, 0.29) is 18.0 Å². The van der Waals surface area contributed by atoms with Crippen molar-refractivity contribution in [2.45, 2.75) is 19.3 Å². The number of rotatable bonds is 7. The van der Waals surface area contributed by atoms with Crippen molar-refractivity contribution in [1.29, 1.82) is 0 Å². The van der Waals surface area contributed by atoms with Crippen molar-refractivity contribution >= 4 is 17.3 Å². The summed E-state index contributed by atoms with van der Waals surface area (Å²) in [5.41, 5.74) is 0.311. The van der Waals surface area contributed by atoms with Crippen LogP contribution in [0.3, 0.4) is 0 Å². The topological polar surface area (TPSA) is 124 Å². The number of benzene rings is 1. The van der Waals surface area contributed by atoms with E-state index in [1.54, 1.807) is 18.2 Å². The summed E-state index contributed by atoms with van der Waals surface area (Å²) in [4.78, 5) is 26.3. The fourth-order valence-electron chi connectivity index (χ4n) is 2.18. The average Bonchev–Trinajstić information content (AvgIpc) is 3.26. The molecule has 3 aromatic rings. The Hall–Kier alpha value is -3.49. The van der Waals surface area contributed by atoms with Gasteiger partial charge < -0.3 is 14.3 Å². The Morgan fingerprint density at radius 1 is 1.28 bits per heavy atom. The number of aryl methyl sites for hydroxylation is 1. The number of nitrogens with one attached hydrogen (secondary N) is 1. The fourth-order valence-corrected chi connectivity index (χ4v) is 2.18. The van der Waals surface area contributed by atoms with Crippen LogP contribution in [-0.2, 0) is 11.2 Å². The number of carbonyl (C=O) groups excluding carboxylic acids is 1. The first-order chi connectivity index (χ1) is 12.1. The van der Waals surface area contributed by atoms with Crippen molar-refractivity contribution in [1.82, 2.24) is 10.1 Å². The molecule has 0 atom stereocenters. The number of nitro benzene ring substituents is 1. The summed E-state index contributed by atoms with van der Waals surface area (Å²) in [6.45, 7) is 0. The van der Waals surface area contributed by atoms with E-state index >= 15 is 0 Å². The van der Waals surface area contributed by atoms with E-state index in [0.717, 1.165) is 0 Å². The highest BCUT2D eigenvalue weighted by atomic mass is 16.6. The van der Waals surface area contributed by atoms with Crippen molar-refractivity contribution in [3.8, 4) is 11.6 Å². The van der Waals surface area contributed by atoms with Gasteiger partial charge >= 0.3 is 0 Å². The molecule has 0 saturated heterocycles. The summed E-state index contributed by atoms with van der Waals surface area (Å²) in [5, 5.41) is 17.2. The van der Waals surface area contributed by atoms with Gasteiger partial charge in [0, 0.05) is 30.7 Å². The minimum absolute atomic E-state index is 0.0749. The van der Waals surface area contributed by atoms with E-state index in [9.17, 15) is 14.9 Å². The number of anilines is 1. The highest BCUT2D eigenvalue weighted by Crippen LogP contribution is 2.18. The first-order valence-electron chi connectivity index (χ1n) is 7.52. The first-order valence-corrected chi connectivity index (χ1v) is 7.52. The van der Waals surface area contributed by atoms with Gasteiger partial charge in [-0.25, -0.2) is 0 Å². The van der Waals surface area contributed by atoms with Gasteiger partial charge in [-0.1, -0.05) is 11.2 Å². The van der Waals surface area contributed by atoms with Crippen LogP contribution < -0.4 is 5.32 Å². The molecule has 9 nitrogen and oxygen atoms in total. The third-order valence-corrected chi connectivity index (χ3v) is 3.34. The monoisotopic (exact) mass is 342 g/mol. The molecular formula is C16H14N4O5. The predicted octanol–water partition coefficient (Wildman–Crippen LogP) is 3.20. The van der Waals surface area contributed by atoms with Crippen molar-refractivity contribution in [3.05, 3.63) is 58.7 Å². The Morgan fingerprint density at radius 3 is 2.92 bits per heavy atom. The summed E-state index contributed by atoms with van der Waals surface area (Å²) < 4.78 is 10.3. The normalized spacial score (nSPS) is 10.6. The van der Waals surface area contributed by atoms with Crippen molar-refractivity contribution in [3.63, 3.8) is 0 Å². The SMILES string of the molecule is O=C(CCCc1nc(-c2ccco2)no1)Nc1cccc([N+](=O)[O-])c1. The summed E-state index contributed by atoms with van der Waals surface area (Å²) >= 11 is 0. The second-order valence-corrected chi connectivity index (χ2v) is 5.20. The van der Waals surface area contributed by atoms with E-state index in [4.69, 9.17) is 8.94 Å². The number of hydrogen-bond donors (Lipinski definition) is 1. The Kier molecular flexibility index (Phi) is 4.84. The molecule has 0 radical (unpaired) electrons. The highest BCUT2D eigenvalue weighted by molar-refractivity contribution is 5.90. The molecule has 25 heavy (non-hydrogen) atoms. The minimum Gasteiger partial charge on any atom is -0.461 e. The van der Waals surface area contributed by atoms with Crippen LogP contribution in [0.2, 0.25) is 0 Å². The van der Waals surface area contributed by atoms with Crippen LogP contribution in [0.1, 0.15) is 18.7 Å². The largest absolute Gasteiger partial charge is 0.461 e. The Bertz CT molecular complexity index is 872. The van der Waals surface area contributed by atoms with Gasteiger partial charge in [0.1, 0.15) is 0 Å². The van der Waals surface area contributed by atoms with Crippen molar-refractivity contribution in [2.75, 3.05) is 5.32 Å². The van der Waals surface area contributed by atoms with Gasteiger partial charge in [-0.05, 0) is 24.6 Å². The standard InChI is InChI=1S/C16H14N4O5/c21-14(17-11-4-1-5-12(10-11)20(22)23)7-2-8-15-18-16(19-25-15)13-6-3-9-24-13/h1,3-6,9-10H,2,7-8H2,(H,17,21). The molecule has 0 aliphatic carbocycles. The van der Waals surface area contributed by atoms with Gasteiger partial charge in [-0.15, -0.1) is 0 Å². The van der Waals surface area contributed by atoms with E-state index in [1.807, 2.05) is 0 Å². The number of aromatic nitrogens is 2. The predicted molar refractivity (Wildman–Crippen MR) is 86.7 cm³/mol. The number of furan rings is 1. The molecule has 2 heterocycles. The van der Waals surface area contributed by atoms with Gasteiger partial charge in [0.2, 0.25) is 17.6 Å². The summed E-state index contributed by atoms with van der Waals surface area (Å²) in [6, 6.07) is 9.24. The van der Waals surface area contributed by atoms with Gasteiger partial charge in [-0.2, -0.15) is 4.98 Å². The number of nitrogens with zero attached hydrogens (tertiary/aromatic N) is 3. The molecule has 9 heteroatoms. The molecule has 0 aliphatic heterocycles. The number of nitro groups is 1. The van der Waals surface area contributed by atoms with Crippen LogP contribution in [0.5, 0.6) is 0 Å². The molecule has 0 spiro atoms. The molecule has 3 rings (SSSR count). The van der Waals surface area contributed by atoms with Gasteiger partial charge in [0.05, 0.1) is 11.2 Å². The second-order valence-electron chi connectivity index (χ2n) is 5.20. The molecule has 0 saturated carbocycles.